The number of halogens is 5. The van der Waals surface area contributed by atoms with E-state index in [1.807, 2.05) is 0 Å². The third kappa shape index (κ3) is 2.73. The summed E-state index contributed by atoms with van der Waals surface area (Å²) >= 11 is 0. The first-order valence-corrected chi connectivity index (χ1v) is 4.51. The minimum absolute atomic E-state index is 0.542. The molecule has 100 valence electrons. The summed E-state index contributed by atoms with van der Waals surface area (Å²) in [6, 6.07) is 0.559. The maximum absolute atomic E-state index is 12.6. The van der Waals surface area contributed by atoms with Crippen LogP contribution in [0.1, 0.15) is 33.7 Å². The molecule has 1 aromatic rings. The van der Waals surface area contributed by atoms with Gasteiger partial charge in [-0.05, 0) is 11.6 Å². The number of carbonyl (C=O) groups is 1. The van der Waals surface area contributed by atoms with E-state index >= 15 is 0 Å². The predicted molar refractivity (Wildman–Crippen MR) is 49.0 cm³/mol. The first kappa shape index (κ1) is 14.3. The Bertz CT molecular complexity index is 473. The number of rotatable bonds is 3. The maximum atomic E-state index is 12.6. The lowest BCUT2D eigenvalue weighted by atomic mass is 10.0. The van der Waals surface area contributed by atoms with Crippen molar-refractivity contribution in [3.8, 4) is 0 Å². The first-order chi connectivity index (χ1) is 8.18. The van der Waals surface area contributed by atoms with E-state index in [0.717, 1.165) is 0 Å². The number of nitrogens with two attached hydrogens (primary N) is 1. The minimum atomic E-state index is -5.15. The Morgan fingerprint density at radius 1 is 1.44 bits per heavy atom. The lowest BCUT2D eigenvalue weighted by Gasteiger charge is -2.14. The van der Waals surface area contributed by atoms with Crippen molar-refractivity contribution in [3.05, 3.63) is 28.6 Å². The highest BCUT2D eigenvalue weighted by Crippen LogP contribution is 2.34. The Labute approximate surface area is 97.2 Å². The van der Waals surface area contributed by atoms with Crippen LogP contribution < -0.4 is 5.73 Å². The van der Waals surface area contributed by atoms with E-state index in [9.17, 15) is 26.7 Å². The van der Waals surface area contributed by atoms with E-state index < -0.39 is 47.6 Å². The first-order valence-electron chi connectivity index (χ1n) is 4.51. The molecular weight excluding hydrogens is 263 g/mol. The maximum Gasteiger partial charge on any atom is 0.434 e. The van der Waals surface area contributed by atoms with Crippen molar-refractivity contribution in [2.45, 2.75) is 19.1 Å². The Morgan fingerprint density at radius 3 is 2.33 bits per heavy atom. The van der Waals surface area contributed by atoms with Gasteiger partial charge in [0.25, 0.3) is 6.43 Å². The van der Waals surface area contributed by atoms with Gasteiger partial charge in [0.15, 0.2) is 5.69 Å². The van der Waals surface area contributed by atoms with Gasteiger partial charge in [-0.25, -0.2) is 18.6 Å². The Balaban J connectivity index is 3.63. The number of aromatic nitrogens is 1. The number of carboxylic acid groups (broad SMARTS) is 1. The van der Waals surface area contributed by atoms with Gasteiger partial charge < -0.3 is 10.8 Å². The SMILES string of the molecule is NCc1cc(C(F)F)nc(C(F)(F)F)c1C(=O)O. The Kier molecular flexibility index (Phi) is 3.85. The summed E-state index contributed by atoms with van der Waals surface area (Å²) in [5, 5.41) is 8.69. The molecule has 0 saturated heterocycles. The van der Waals surface area contributed by atoms with E-state index in [1.54, 1.807) is 0 Å². The molecule has 0 aliphatic carbocycles. The molecule has 1 heterocycles. The van der Waals surface area contributed by atoms with Gasteiger partial charge in [0, 0.05) is 6.54 Å². The second-order valence-corrected chi connectivity index (χ2v) is 3.24. The molecule has 9 heteroatoms. The van der Waals surface area contributed by atoms with Crippen molar-refractivity contribution < 1.29 is 31.9 Å². The second kappa shape index (κ2) is 4.84. The molecule has 0 saturated carbocycles. The normalized spacial score (nSPS) is 11.9. The smallest absolute Gasteiger partial charge is 0.434 e. The standard InChI is InChI=1S/C9H7F5N2O2/c10-7(11)4-1-3(2-15)5(8(17)18)6(16-4)9(12,13)14/h1,7H,2,15H2,(H,17,18). The number of hydrogen-bond donors (Lipinski definition) is 2. The van der Waals surface area contributed by atoms with Gasteiger partial charge in [0.2, 0.25) is 0 Å². The summed E-state index contributed by atoms with van der Waals surface area (Å²) in [5.41, 5.74) is 0.298. The number of aromatic carboxylic acids is 1. The molecule has 0 fully saturated rings. The fourth-order valence-electron chi connectivity index (χ4n) is 1.34. The zero-order valence-corrected chi connectivity index (χ0v) is 8.63. The van der Waals surface area contributed by atoms with Crippen molar-refractivity contribution >= 4 is 5.97 Å². The molecule has 0 aliphatic heterocycles. The van der Waals surface area contributed by atoms with Crippen LogP contribution in [0.15, 0.2) is 6.07 Å². The largest absolute Gasteiger partial charge is 0.478 e. The quantitative estimate of drug-likeness (QED) is 0.825. The number of nitrogens with zero attached hydrogens (tertiary/aromatic N) is 1. The topological polar surface area (TPSA) is 76.2 Å². The van der Waals surface area contributed by atoms with Crippen LogP contribution in [0.25, 0.3) is 0 Å². The van der Waals surface area contributed by atoms with Crippen molar-refractivity contribution in [2.75, 3.05) is 0 Å². The van der Waals surface area contributed by atoms with Crippen molar-refractivity contribution in [1.82, 2.24) is 4.98 Å². The highest BCUT2D eigenvalue weighted by atomic mass is 19.4. The fourth-order valence-corrected chi connectivity index (χ4v) is 1.34. The molecule has 0 radical (unpaired) electrons. The Hall–Kier alpha value is -1.77. The average Bonchev–Trinajstić information content (AvgIpc) is 2.25. The van der Waals surface area contributed by atoms with E-state index in [2.05, 4.69) is 4.98 Å². The van der Waals surface area contributed by atoms with Gasteiger partial charge in [-0.2, -0.15) is 13.2 Å². The van der Waals surface area contributed by atoms with Crippen LogP contribution in [0.2, 0.25) is 0 Å². The molecule has 0 atom stereocenters. The number of carboxylic acids is 1. The van der Waals surface area contributed by atoms with Crippen LogP contribution in [-0.2, 0) is 12.7 Å². The van der Waals surface area contributed by atoms with Gasteiger partial charge in [-0.15, -0.1) is 0 Å². The average molecular weight is 270 g/mol. The van der Waals surface area contributed by atoms with Gasteiger partial charge >= 0.3 is 12.1 Å². The predicted octanol–water partition coefficient (Wildman–Crippen LogP) is 2.19. The van der Waals surface area contributed by atoms with Gasteiger partial charge in [0.05, 0.1) is 5.56 Å². The zero-order valence-electron chi connectivity index (χ0n) is 8.63. The monoisotopic (exact) mass is 270 g/mol. The van der Waals surface area contributed by atoms with Crippen LogP contribution in [0.4, 0.5) is 22.0 Å². The highest BCUT2D eigenvalue weighted by Gasteiger charge is 2.39. The molecule has 0 aromatic carbocycles. The summed E-state index contributed by atoms with van der Waals surface area (Å²) in [6.45, 7) is -0.618. The summed E-state index contributed by atoms with van der Waals surface area (Å²) in [5.74, 6) is -1.92. The summed E-state index contributed by atoms with van der Waals surface area (Å²) in [6.07, 6.45) is -8.40. The zero-order chi connectivity index (χ0) is 14.1. The third-order valence-corrected chi connectivity index (χ3v) is 2.05. The highest BCUT2D eigenvalue weighted by molar-refractivity contribution is 5.91. The minimum Gasteiger partial charge on any atom is -0.478 e. The van der Waals surface area contributed by atoms with Crippen LogP contribution in [0, 0.1) is 0 Å². The molecule has 0 amide bonds. The fraction of sp³-hybridized carbons (Fsp3) is 0.333. The lowest BCUT2D eigenvalue weighted by Crippen LogP contribution is -2.20. The van der Waals surface area contributed by atoms with E-state index in [4.69, 9.17) is 10.8 Å². The van der Waals surface area contributed by atoms with E-state index in [1.165, 1.54) is 0 Å². The van der Waals surface area contributed by atoms with Gasteiger partial charge in [-0.3, -0.25) is 0 Å². The van der Waals surface area contributed by atoms with Gasteiger partial charge in [-0.1, -0.05) is 0 Å². The molecule has 0 spiro atoms. The summed E-state index contributed by atoms with van der Waals surface area (Å²) in [7, 11) is 0. The molecule has 18 heavy (non-hydrogen) atoms. The van der Waals surface area contributed by atoms with Gasteiger partial charge in [0.1, 0.15) is 5.69 Å². The molecule has 0 bridgehead atoms. The molecule has 0 unspecified atom stereocenters. The Morgan fingerprint density at radius 2 is 2.00 bits per heavy atom. The number of alkyl halides is 5. The second-order valence-electron chi connectivity index (χ2n) is 3.24. The van der Waals surface area contributed by atoms with E-state index in [0.29, 0.717) is 6.07 Å². The van der Waals surface area contributed by atoms with E-state index in [-0.39, 0.29) is 0 Å². The number of pyridine rings is 1. The van der Waals surface area contributed by atoms with Crippen LogP contribution in [0.3, 0.4) is 0 Å². The van der Waals surface area contributed by atoms with Crippen LogP contribution in [-0.4, -0.2) is 16.1 Å². The van der Waals surface area contributed by atoms with Crippen molar-refractivity contribution in [1.29, 1.82) is 0 Å². The molecule has 1 rings (SSSR count). The van der Waals surface area contributed by atoms with Crippen molar-refractivity contribution in [2.24, 2.45) is 5.73 Å². The molecule has 3 N–H and O–H groups in total. The molecular formula is C9H7F5N2O2. The molecule has 1 aromatic heterocycles. The third-order valence-electron chi connectivity index (χ3n) is 2.05. The summed E-state index contributed by atoms with van der Waals surface area (Å²) in [4.78, 5) is 13.4. The molecule has 0 aliphatic rings. The number of hydrogen-bond acceptors (Lipinski definition) is 3. The van der Waals surface area contributed by atoms with Crippen molar-refractivity contribution in [3.63, 3.8) is 0 Å². The molecule has 4 nitrogen and oxygen atoms in total. The van der Waals surface area contributed by atoms with Crippen LogP contribution in [0.5, 0.6) is 0 Å². The lowest BCUT2D eigenvalue weighted by molar-refractivity contribution is -0.142. The van der Waals surface area contributed by atoms with Crippen LogP contribution >= 0.6 is 0 Å². The summed E-state index contributed by atoms with van der Waals surface area (Å²) < 4.78 is 62.4.